The van der Waals surface area contributed by atoms with Crippen molar-refractivity contribution < 1.29 is 27.8 Å². The van der Waals surface area contributed by atoms with Crippen molar-refractivity contribution in [2.24, 2.45) is 5.73 Å². The van der Waals surface area contributed by atoms with E-state index in [9.17, 15) is 23.6 Å². The molecular formula is C19H18F2N6O4. The molecule has 4 rings (SSSR count). The van der Waals surface area contributed by atoms with Crippen molar-refractivity contribution in [3.8, 4) is 23.2 Å². The third-order valence-corrected chi connectivity index (χ3v) is 5.08. The predicted molar refractivity (Wildman–Crippen MR) is 104 cm³/mol. The van der Waals surface area contributed by atoms with Crippen LogP contribution in [-0.2, 0) is 16.1 Å². The van der Waals surface area contributed by atoms with E-state index in [2.05, 4.69) is 10.3 Å². The smallest absolute Gasteiger partial charge is 0.416 e. The maximum atomic E-state index is 13.4. The number of halogens is 2. The van der Waals surface area contributed by atoms with Gasteiger partial charge in [-0.1, -0.05) is 0 Å². The third kappa shape index (κ3) is 3.48. The van der Waals surface area contributed by atoms with Gasteiger partial charge in [-0.2, -0.15) is 5.26 Å². The number of ether oxygens (including phenoxy) is 2. The van der Waals surface area contributed by atoms with E-state index in [0.29, 0.717) is 22.8 Å². The molecule has 0 bridgehead atoms. The zero-order valence-corrected chi connectivity index (χ0v) is 16.3. The van der Waals surface area contributed by atoms with E-state index in [1.54, 1.807) is 25.1 Å². The van der Waals surface area contributed by atoms with E-state index < -0.39 is 37.1 Å². The van der Waals surface area contributed by atoms with Crippen LogP contribution in [-0.4, -0.2) is 53.3 Å². The number of benzene rings is 1. The maximum Gasteiger partial charge on any atom is 0.416 e. The zero-order chi connectivity index (χ0) is 22.3. The van der Waals surface area contributed by atoms with Crippen LogP contribution < -0.4 is 20.7 Å². The van der Waals surface area contributed by atoms with Crippen LogP contribution in [0.25, 0.3) is 11.4 Å². The van der Waals surface area contributed by atoms with Crippen LogP contribution >= 0.6 is 0 Å². The maximum absolute atomic E-state index is 13.4. The summed E-state index contributed by atoms with van der Waals surface area (Å²) in [6.07, 6.45) is -3.84. The number of imidazole rings is 1. The van der Waals surface area contributed by atoms with E-state index in [1.165, 1.54) is 4.57 Å². The second-order valence-electron chi connectivity index (χ2n) is 7.05. The standard InChI is InChI=1S/C19H18F2N6O4/c1-9(16(23)28)24-10-2-3-11-14(6-10)30-5-4-26-12(7-22)18(25-17(11)26)27-13(15(20)21)8-31-19(27)29/h2-3,6,9,13,15,24H,4-5,8H2,1H3,(H2,23,28)/t9-,13-/m0/s1. The summed E-state index contributed by atoms with van der Waals surface area (Å²) in [6.45, 7) is 1.50. The second kappa shape index (κ2) is 7.75. The molecule has 3 heterocycles. The molecule has 1 saturated heterocycles. The van der Waals surface area contributed by atoms with Crippen molar-refractivity contribution in [2.75, 3.05) is 23.4 Å². The van der Waals surface area contributed by atoms with Gasteiger partial charge in [0.15, 0.2) is 11.5 Å². The van der Waals surface area contributed by atoms with Crippen molar-refractivity contribution in [1.29, 1.82) is 5.26 Å². The summed E-state index contributed by atoms with van der Waals surface area (Å²) in [5, 5.41) is 12.6. The summed E-state index contributed by atoms with van der Waals surface area (Å²) in [5.74, 6) is 0.000582. The number of fused-ring (bicyclic) bond motifs is 3. The van der Waals surface area contributed by atoms with Crippen LogP contribution in [0.4, 0.5) is 25.1 Å². The molecule has 2 aliphatic rings. The van der Waals surface area contributed by atoms with Gasteiger partial charge in [0, 0.05) is 11.8 Å². The number of hydrogen-bond donors (Lipinski definition) is 2. The van der Waals surface area contributed by atoms with E-state index in [1.807, 2.05) is 6.07 Å². The van der Waals surface area contributed by atoms with Gasteiger partial charge in [-0.3, -0.25) is 4.79 Å². The minimum Gasteiger partial charge on any atom is -0.491 e. The topological polar surface area (TPSA) is 136 Å². The van der Waals surface area contributed by atoms with Gasteiger partial charge in [0.05, 0.1) is 12.1 Å². The molecule has 31 heavy (non-hydrogen) atoms. The lowest BCUT2D eigenvalue weighted by Gasteiger charge is -2.18. The minimum absolute atomic E-state index is 0.0412. The molecule has 1 aromatic heterocycles. The Morgan fingerprint density at radius 2 is 2.19 bits per heavy atom. The number of amides is 2. The van der Waals surface area contributed by atoms with Crippen molar-refractivity contribution in [1.82, 2.24) is 9.55 Å². The molecule has 1 fully saturated rings. The molecule has 0 spiro atoms. The number of nitrogens with zero attached hydrogens (tertiary/aromatic N) is 4. The Morgan fingerprint density at radius 3 is 2.87 bits per heavy atom. The number of nitrogens with two attached hydrogens (primary N) is 1. The minimum atomic E-state index is -2.86. The number of rotatable bonds is 5. The number of cyclic esters (lactones) is 1. The first kappa shape index (κ1) is 20.4. The summed E-state index contributed by atoms with van der Waals surface area (Å²) in [7, 11) is 0. The molecule has 2 aromatic rings. The van der Waals surface area contributed by atoms with Crippen molar-refractivity contribution in [3.05, 3.63) is 23.9 Å². The third-order valence-electron chi connectivity index (χ3n) is 5.08. The van der Waals surface area contributed by atoms with Crippen LogP contribution in [0, 0.1) is 11.3 Å². The Bertz CT molecular complexity index is 1100. The molecule has 0 radical (unpaired) electrons. The number of carbonyl (C=O) groups is 2. The molecule has 10 nitrogen and oxygen atoms in total. The predicted octanol–water partition coefficient (Wildman–Crippen LogP) is 1.69. The lowest BCUT2D eigenvalue weighted by atomic mass is 10.1. The summed E-state index contributed by atoms with van der Waals surface area (Å²) in [5.41, 5.74) is 6.31. The number of primary amides is 1. The van der Waals surface area contributed by atoms with E-state index in [-0.39, 0.29) is 24.7 Å². The number of anilines is 2. The largest absolute Gasteiger partial charge is 0.491 e. The van der Waals surface area contributed by atoms with Gasteiger partial charge in [-0.15, -0.1) is 0 Å². The number of alkyl halides is 2. The highest BCUT2D eigenvalue weighted by Crippen LogP contribution is 2.38. The number of nitriles is 1. The summed E-state index contributed by atoms with van der Waals surface area (Å²) < 4.78 is 38.9. The molecule has 3 N–H and O–H groups in total. The Morgan fingerprint density at radius 1 is 1.42 bits per heavy atom. The first-order valence-electron chi connectivity index (χ1n) is 9.39. The van der Waals surface area contributed by atoms with Crippen molar-refractivity contribution in [2.45, 2.75) is 32.0 Å². The molecule has 2 amide bonds. The average molecular weight is 432 g/mol. The summed E-state index contributed by atoms with van der Waals surface area (Å²) in [6, 6.07) is 4.79. The van der Waals surface area contributed by atoms with Gasteiger partial charge < -0.3 is 25.1 Å². The van der Waals surface area contributed by atoms with Gasteiger partial charge >= 0.3 is 6.09 Å². The van der Waals surface area contributed by atoms with Gasteiger partial charge in [0.2, 0.25) is 5.91 Å². The SMILES string of the molecule is C[C@H](Nc1ccc2c(c1)OCCn1c-2nc(N2C(=O)OC[C@H]2C(F)F)c1C#N)C(N)=O. The summed E-state index contributed by atoms with van der Waals surface area (Å²) >= 11 is 0. The second-order valence-corrected chi connectivity index (χ2v) is 7.05. The Labute approximate surface area is 175 Å². The normalized spacial score (nSPS) is 18.4. The fraction of sp³-hybridized carbons (Fsp3) is 0.368. The van der Waals surface area contributed by atoms with Crippen LogP contribution in [0.3, 0.4) is 0 Å². The lowest BCUT2D eigenvalue weighted by molar-refractivity contribution is -0.118. The number of nitrogens with one attached hydrogen (secondary N) is 1. The highest BCUT2D eigenvalue weighted by Gasteiger charge is 2.43. The van der Waals surface area contributed by atoms with E-state index >= 15 is 0 Å². The zero-order valence-electron chi connectivity index (χ0n) is 16.3. The van der Waals surface area contributed by atoms with Crippen LogP contribution in [0.15, 0.2) is 18.2 Å². The van der Waals surface area contributed by atoms with E-state index in [4.69, 9.17) is 15.2 Å². The number of aromatic nitrogens is 2. The van der Waals surface area contributed by atoms with Crippen LogP contribution in [0.2, 0.25) is 0 Å². The molecule has 1 aromatic carbocycles. The van der Waals surface area contributed by atoms with Gasteiger partial charge in [0.1, 0.15) is 42.9 Å². The molecule has 2 atom stereocenters. The number of carbonyl (C=O) groups excluding carboxylic acids is 2. The number of hydrogen-bond acceptors (Lipinski definition) is 7. The monoisotopic (exact) mass is 432 g/mol. The highest BCUT2D eigenvalue weighted by molar-refractivity contribution is 5.91. The van der Waals surface area contributed by atoms with Crippen LogP contribution in [0.1, 0.15) is 12.6 Å². The van der Waals surface area contributed by atoms with Gasteiger partial charge in [-0.25, -0.2) is 23.5 Å². The summed E-state index contributed by atoms with van der Waals surface area (Å²) in [4.78, 5) is 28.5. The lowest BCUT2D eigenvalue weighted by Crippen LogP contribution is -2.39. The molecule has 2 aliphatic heterocycles. The quantitative estimate of drug-likeness (QED) is 0.734. The Hall–Kier alpha value is -3.88. The highest BCUT2D eigenvalue weighted by atomic mass is 19.3. The molecule has 0 saturated carbocycles. The van der Waals surface area contributed by atoms with Crippen molar-refractivity contribution >= 4 is 23.5 Å². The fourth-order valence-electron chi connectivity index (χ4n) is 3.49. The average Bonchev–Trinajstić information content (AvgIpc) is 3.22. The molecule has 162 valence electrons. The molecular weight excluding hydrogens is 414 g/mol. The first-order chi connectivity index (χ1) is 14.8. The van der Waals surface area contributed by atoms with Crippen molar-refractivity contribution in [3.63, 3.8) is 0 Å². The Balaban J connectivity index is 1.78. The van der Waals surface area contributed by atoms with Gasteiger partial charge in [-0.05, 0) is 19.1 Å². The molecule has 12 heteroatoms. The fourth-order valence-corrected chi connectivity index (χ4v) is 3.49. The first-order valence-corrected chi connectivity index (χ1v) is 9.39. The van der Waals surface area contributed by atoms with E-state index in [0.717, 1.165) is 4.90 Å². The van der Waals surface area contributed by atoms with Crippen LogP contribution in [0.5, 0.6) is 5.75 Å². The Kier molecular flexibility index (Phi) is 5.10. The molecule has 0 unspecified atom stereocenters. The molecule has 0 aliphatic carbocycles. The van der Waals surface area contributed by atoms with Gasteiger partial charge in [0.25, 0.3) is 6.43 Å².